The minimum atomic E-state index is 0.713. The predicted molar refractivity (Wildman–Crippen MR) is 86.2 cm³/mol. The fourth-order valence-electron chi connectivity index (χ4n) is 2.73. The lowest BCUT2D eigenvalue weighted by atomic mass is 10.2. The van der Waals surface area contributed by atoms with Gasteiger partial charge in [0, 0.05) is 39.3 Å². The zero-order valence-electron chi connectivity index (χ0n) is 13.6. The molecule has 1 saturated heterocycles. The van der Waals surface area contributed by atoms with Crippen molar-refractivity contribution in [2.75, 3.05) is 56.6 Å². The summed E-state index contributed by atoms with van der Waals surface area (Å²) in [6, 6.07) is 0. The Hall–Kier alpha value is -1.56. The van der Waals surface area contributed by atoms with Crippen LogP contribution >= 0.6 is 0 Å². The third-order valence-electron chi connectivity index (χ3n) is 3.63. The van der Waals surface area contributed by atoms with Crippen molar-refractivity contribution in [1.29, 1.82) is 0 Å². The van der Waals surface area contributed by atoms with Crippen LogP contribution in [0.3, 0.4) is 0 Å². The number of aromatic nitrogens is 2. The maximum Gasteiger partial charge on any atom is 0.204 e. The van der Waals surface area contributed by atoms with Crippen LogP contribution in [0, 0.1) is 5.92 Å². The van der Waals surface area contributed by atoms with Gasteiger partial charge in [-0.3, -0.25) is 4.90 Å². The lowest BCUT2D eigenvalue weighted by Crippen LogP contribution is -2.47. The molecule has 0 radical (unpaired) electrons. The van der Waals surface area contributed by atoms with Gasteiger partial charge in [0.05, 0.1) is 7.11 Å². The summed E-state index contributed by atoms with van der Waals surface area (Å²) < 4.78 is 5.53. The first-order valence-corrected chi connectivity index (χ1v) is 7.75. The molecular weight excluding hydrogens is 266 g/mol. The fraction of sp³-hybridized carbons (Fsp3) is 0.733. The first-order valence-electron chi connectivity index (χ1n) is 7.75. The molecule has 0 unspecified atom stereocenters. The van der Waals surface area contributed by atoms with Gasteiger partial charge in [-0.15, -0.1) is 0 Å². The minimum absolute atomic E-state index is 0.713. The average molecular weight is 293 g/mol. The van der Waals surface area contributed by atoms with Gasteiger partial charge in [-0.05, 0) is 12.8 Å². The molecule has 118 valence electrons. The molecule has 1 fully saturated rings. The number of hydrogen-bond donors (Lipinski definition) is 1. The zero-order chi connectivity index (χ0) is 15.2. The highest BCUT2D eigenvalue weighted by atomic mass is 16.5. The molecule has 6 heteroatoms. The molecule has 6 nitrogen and oxygen atoms in total. The van der Waals surface area contributed by atoms with Crippen LogP contribution in [0.5, 0.6) is 5.75 Å². The van der Waals surface area contributed by atoms with Crippen LogP contribution in [0.2, 0.25) is 0 Å². The van der Waals surface area contributed by atoms with E-state index in [0.717, 1.165) is 56.7 Å². The van der Waals surface area contributed by atoms with E-state index in [-0.39, 0.29) is 0 Å². The Bertz CT molecular complexity index is 444. The lowest BCUT2D eigenvalue weighted by Gasteiger charge is -2.36. The van der Waals surface area contributed by atoms with E-state index in [1.807, 2.05) is 6.92 Å². The van der Waals surface area contributed by atoms with E-state index < -0.39 is 0 Å². The van der Waals surface area contributed by atoms with Crippen molar-refractivity contribution < 1.29 is 4.74 Å². The first kappa shape index (κ1) is 15.8. The standard InChI is InChI=1S/C15H27N5O/c1-5-16-14-13(21-4)15(18-11-17-14)20-8-6-19(7-9-20)10-12(2)3/h11-12H,5-10H2,1-4H3,(H,16,17,18). The highest BCUT2D eigenvalue weighted by molar-refractivity contribution is 5.64. The molecule has 0 atom stereocenters. The SMILES string of the molecule is CCNc1ncnc(N2CCN(CC(C)C)CC2)c1OC. The van der Waals surface area contributed by atoms with Crippen LogP contribution in [0.1, 0.15) is 20.8 Å². The summed E-state index contributed by atoms with van der Waals surface area (Å²) in [5.41, 5.74) is 0. The molecule has 2 heterocycles. The van der Waals surface area contributed by atoms with E-state index in [2.05, 4.69) is 38.9 Å². The summed E-state index contributed by atoms with van der Waals surface area (Å²) in [6.45, 7) is 12.7. The summed E-state index contributed by atoms with van der Waals surface area (Å²) in [4.78, 5) is 13.5. The predicted octanol–water partition coefficient (Wildman–Crippen LogP) is 1.69. The summed E-state index contributed by atoms with van der Waals surface area (Å²) in [6.07, 6.45) is 1.61. The highest BCUT2D eigenvalue weighted by Crippen LogP contribution is 2.32. The molecule has 0 aromatic carbocycles. The van der Waals surface area contributed by atoms with Gasteiger partial charge in [-0.2, -0.15) is 0 Å². The average Bonchev–Trinajstić information content (AvgIpc) is 2.47. The largest absolute Gasteiger partial charge is 0.490 e. The van der Waals surface area contributed by atoms with Crippen molar-refractivity contribution in [2.24, 2.45) is 5.92 Å². The Balaban J connectivity index is 2.07. The third kappa shape index (κ3) is 3.97. The molecular formula is C15H27N5O. The van der Waals surface area contributed by atoms with E-state index in [0.29, 0.717) is 5.92 Å². The van der Waals surface area contributed by atoms with Crippen molar-refractivity contribution >= 4 is 11.6 Å². The van der Waals surface area contributed by atoms with Crippen LogP contribution in [0.25, 0.3) is 0 Å². The number of nitrogens with zero attached hydrogens (tertiary/aromatic N) is 4. The quantitative estimate of drug-likeness (QED) is 0.861. The summed E-state index contributed by atoms with van der Waals surface area (Å²) in [5.74, 6) is 3.13. The number of anilines is 2. The Morgan fingerprint density at radius 1 is 1.24 bits per heavy atom. The Morgan fingerprint density at radius 3 is 2.52 bits per heavy atom. The molecule has 2 rings (SSSR count). The molecule has 0 amide bonds. The number of hydrogen-bond acceptors (Lipinski definition) is 6. The summed E-state index contributed by atoms with van der Waals surface area (Å²) in [5, 5.41) is 3.23. The van der Waals surface area contributed by atoms with Gasteiger partial charge in [0.25, 0.3) is 0 Å². The number of piperazine rings is 1. The van der Waals surface area contributed by atoms with Gasteiger partial charge in [-0.25, -0.2) is 9.97 Å². The molecule has 1 aliphatic heterocycles. The molecule has 1 aromatic heterocycles. The van der Waals surface area contributed by atoms with Crippen LogP contribution in [0.15, 0.2) is 6.33 Å². The van der Waals surface area contributed by atoms with Crippen LogP contribution in [0.4, 0.5) is 11.6 Å². The molecule has 0 saturated carbocycles. The summed E-state index contributed by atoms with van der Waals surface area (Å²) in [7, 11) is 1.68. The van der Waals surface area contributed by atoms with Crippen molar-refractivity contribution in [3.63, 3.8) is 0 Å². The normalized spacial score (nSPS) is 16.3. The van der Waals surface area contributed by atoms with E-state index in [1.165, 1.54) is 0 Å². The van der Waals surface area contributed by atoms with Crippen LogP contribution in [-0.2, 0) is 0 Å². The van der Waals surface area contributed by atoms with Crippen molar-refractivity contribution in [3.8, 4) is 5.75 Å². The Labute approximate surface area is 127 Å². The van der Waals surface area contributed by atoms with Gasteiger partial charge in [0.1, 0.15) is 6.33 Å². The summed E-state index contributed by atoms with van der Waals surface area (Å²) >= 11 is 0. The van der Waals surface area contributed by atoms with E-state index in [1.54, 1.807) is 13.4 Å². The smallest absolute Gasteiger partial charge is 0.204 e. The molecule has 1 aliphatic rings. The fourth-order valence-corrected chi connectivity index (χ4v) is 2.73. The zero-order valence-corrected chi connectivity index (χ0v) is 13.6. The van der Waals surface area contributed by atoms with Gasteiger partial charge in [0.15, 0.2) is 11.6 Å². The Kier molecular flexibility index (Phi) is 5.61. The van der Waals surface area contributed by atoms with Gasteiger partial charge in [0.2, 0.25) is 5.75 Å². The lowest BCUT2D eigenvalue weighted by molar-refractivity contribution is 0.230. The van der Waals surface area contributed by atoms with Gasteiger partial charge >= 0.3 is 0 Å². The molecule has 1 aromatic rings. The first-order chi connectivity index (χ1) is 10.2. The molecule has 21 heavy (non-hydrogen) atoms. The Morgan fingerprint density at radius 2 is 1.95 bits per heavy atom. The number of nitrogens with one attached hydrogen (secondary N) is 1. The number of rotatable bonds is 6. The van der Waals surface area contributed by atoms with Gasteiger partial charge < -0.3 is 15.0 Å². The van der Waals surface area contributed by atoms with E-state index in [4.69, 9.17) is 4.74 Å². The van der Waals surface area contributed by atoms with Crippen LogP contribution in [-0.4, -0.2) is 61.2 Å². The van der Waals surface area contributed by atoms with Crippen molar-refractivity contribution in [1.82, 2.24) is 14.9 Å². The highest BCUT2D eigenvalue weighted by Gasteiger charge is 2.23. The monoisotopic (exact) mass is 293 g/mol. The van der Waals surface area contributed by atoms with Gasteiger partial charge in [-0.1, -0.05) is 13.8 Å². The van der Waals surface area contributed by atoms with E-state index >= 15 is 0 Å². The van der Waals surface area contributed by atoms with Crippen LogP contribution < -0.4 is 15.0 Å². The molecule has 0 bridgehead atoms. The third-order valence-corrected chi connectivity index (χ3v) is 3.63. The van der Waals surface area contributed by atoms with Crippen molar-refractivity contribution in [2.45, 2.75) is 20.8 Å². The van der Waals surface area contributed by atoms with E-state index in [9.17, 15) is 0 Å². The molecule has 1 N–H and O–H groups in total. The number of methoxy groups -OCH3 is 1. The topological polar surface area (TPSA) is 53.5 Å². The van der Waals surface area contributed by atoms with Crippen molar-refractivity contribution in [3.05, 3.63) is 6.33 Å². The second kappa shape index (κ2) is 7.45. The number of ether oxygens (including phenoxy) is 1. The maximum atomic E-state index is 5.53. The maximum absolute atomic E-state index is 5.53. The molecule has 0 spiro atoms. The molecule has 0 aliphatic carbocycles. The second-order valence-electron chi connectivity index (χ2n) is 5.79. The minimum Gasteiger partial charge on any atom is -0.490 e. The second-order valence-corrected chi connectivity index (χ2v) is 5.79.